The Morgan fingerprint density at radius 3 is 2.56 bits per heavy atom. The second-order valence-electron chi connectivity index (χ2n) is 2.66. The SMILES string of the molecule is NCc1cncc([N+](=O)[O-])c1OC(F)(F)F. The van der Waals surface area contributed by atoms with Crippen molar-refractivity contribution in [2.75, 3.05) is 0 Å². The van der Waals surface area contributed by atoms with E-state index in [1.807, 2.05) is 0 Å². The number of nitrogens with two attached hydrogens (primary N) is 1. The molecule has 0 saturated heterocycles. The van der Waals surface area contributed by atoms with Crippen LogP contribution in [0.25, 0.3) is 0 Å². The molecule has 1 aromatic heterocycles. The predicted molar refractivity (Wildman–Crippen MR) is 45.5 cm³/mol. The summed E-state index contributed by atoms with van der Waals surface area (Å²) in [5, 5.41) is 10.5. The number of nitro groups is 1. The van der Waals surface area contributed by atoms with Gasteiger partial charge < -0.3 is 10.5 Å². The summed E-state index contributed by atoms with van der Waals surface area (Å²) in [4.78, 5) is 12.8. The summed E-state index contributed by atoms with van der Waals surface area (Å²) >= 11 is 0. The Morgan fingerprint density at radius 1 is 1.50 bits per heavy atom. The van der Waals surface area contributed by atoms with Crippen molar-refractivity contribution < 1.29 is 22.8 Å². The van der Waals surface area contributed by atoms with Gasteiger partial charge in [-0.05, 0) is 0 Å². The molecule has 0 aliphatic heterocycles. The van der Waals surface area contributed by atoms with E-state index in [0.717, 1.165) is 6.20 Å². The third kappa shape index (κ3) is 2.79. The lowest BCUT2D eigenvalue weighted by Gasteiger charge is -2.11. The summed E-state index contributed by atoms with van der Waals surface area (Å²) < 4.78 is 39.5. The molecule has 0 radical (unpaired) electrons. The Labute approximate surface area is 87.0 Å². The molecule has 0 spiro atoms. The van der Waals surface area contributed by atoms with Gasteiger partial charge >= 0.3 is 12.0 Å². The zero-order valence-electron chi connectivity index (χ0n) is 7.69. The van der Waals surface area contributed by atoms with Crippen LogP contribution in [-0.2, 0) is 6.54 Å². The summed E-state index contributed by atoms with van der Waals surface area (Å²) in [6, 6.07) is 0. The fourth-order valence-corrected chi connectivity index (χ4v) is 0.989. The van der Waals surface area contributed by atoms with Crippen molar-refractivity contribution in [2.45, 2.75) is 12.9 Å². The first-order valence-corrected chi connectivity index (χ1v) is 3.92. The number of hydrogen-bond donors (Lipinski definition) is 1. The van der Waals surface area contributed by atoms with E-state index in [0.29, 0.717) is 6.20 Å². The fraction of sp³-hybridized carbons (Fsp3) is 0.286. The van der Waals surface area contributed by atoms with Crippen molar-refractivity contribution in [1.29, 1.82) is 0 Å². The molecule has 1 aromatic rings. The summed E-state index contributed by atoms with van der Waals surface area (Å²) in [6.07, 6.45) is -3.37. The van der Waals surface area contributed by atoms with Crippen molar-refractivity contribution in [3.63, 3.8) is 0 Å². The Kier molecular flexibility index (Phi) is 3.28. The number of rotatable bonds is 3. The standard InChI is InChI=1S/C7H6F3N3O3/c8-7(9,10)16-6-4(1-11)2-12-3-5(6)13(14)15/h2-3H,1,11H2. The Bertz CT molecular complexity index is 408. The van der Waals surface area contributed by atoms with E-state index in [-0.39, 0.29) is 12.1 Å². The molecule has 0 aromatic carbocycles. The summed E-state index contributed by atoms with van der Waals surface area (Å²) in [7, 11) is 0. The van der Waals surface area contributed by atoms with Gasteiger partial charge in [-0.15, -0.1) is 13.2 Å². The van der Waals surface area contributed by atoms with Gasteiger partial charge in [-0.1, -0.05) is 0 Å². The van der Waals surface area contributed by atoms with E-state index < -0.39 is 22.7 Å². The minimum absolute atomic E-state index is 0.188. The number of alkyl halides is 3. The normalized spacial score (nSPS) is 11.2. The minimum Gasteiger partial charge on any atom is -0.398 e. The van der Waals surface area contributed by atoms with Crippen LogP contribution in [0.1, 0.15) is 5.56 Å². The summed E-state index contributed by atoms with van der Waals surface area (Å²) in [5.74, 6) is -0.921. The first-order valence-electron chi connectivity index (χ1n) is 3.92. The van der Waals surface area contributed by atoms with E-state index in [9.17, 15) is 23.3 Å². The average molecular weight is 237 g/mol. The largest absolute Gasteiger partial charge is 0.573 e. The maximum absolute atomic E-state index is 12.0. The van der Waals surface area contributed by atoms with Crippen molar-refractivity contribution in [3.05, 3.63) is 28.1 Å². The molecule has 0 atom stereocenters. The van der Waals surface area contributed by atoms with E-state index in [2.05, 4.69) is 9.72 Å². The fourth-order valence-electron chi connectivity index (χ4n) is 0.989. The molecule has 0 fully saturated rings. The second kappa shape index (κ2) is 4.31. The van der Waals surface area contributed by atoms with Gasteiger partial charge in [0.15, 0.2) is 0 Å². The number of pyridine rings is 1. The van der Waals surface area contributed by atoms with Crippen LogP contribution < -0.4 is 10.5 Å². The highest BCUT2D eigenvalue weighted by Gasteiger charge is 2.35. The molecule has 0 unspecified atom stereocenters. The van der Waals surface area contributed by atoms with Crippen LogP contribution in [0.3, 0.4) is 0 Å². The van der Waals surface area contributed by atoms with E-state index in [4.69, 9.17) is 5.73 Å². The van der Waals surface area contributed by atoms with Gasteiger partial charge in [-0.3, -0.25) is 15.1 Å². The van der Waals surface area contributed by atoms with Gasteiger partial charge in [0.25, 0.3) is 0 Å². The quantitative estimate of drug-likeness (QED) is 0.632. The van der Waals surface area contributed by atoms with Gasteiger partial charge in [-0.25, -0.2) is 0 Å². The molecule has 0 amide bonds. The molecule has 88 valence electrons. The predicted octanol–water partition coefficient (Wildman–Crippen LogP) is 1.35. The highest BCUT2D eigenvalue weighted by molar-refractivity contribution is 5.49. The molecule has 0 saturated carbocycles. The van der Waals surface area contributed by atoms with E-state index >= 15 is 0 Å². The Hall–Kier alpha value is -1.90. The first-order chi connectivity index (χ1) is 7.35. The van der Waals surface area contributed by atoms with Crippen molar-refractivity contribution in [3.8, 4) is 5.75 Å². The molecule has 16 heavy (non-hydrogen) atoms. The lowest BCUT2D eigenvalue weighted by Crippen LogP contribution is -2.19. The second-order valence-corrected chi connectivity index (χ2v) is 2.66. The highest BCUT2D eigenvalue weighted by Crippen LogP contribution is 2.34. The summed E-state index contributed by atoms with van der Waals surface area (Å²) in [5.41, 5.74) is 4.07. The number of ether oxygens (including phenoxy) is 1. The van der Waals surface area contributed by atoms with Crippen LogP contribution in [0.2, 0.25) is 0 Å². The molecule has 1 rings (SSSR count). The van der Waals surface area contributed by atoms with Crippen LogP contribution in [0.15, 0.2) is 12.4 Å². The molecule has 1 heterocycles. The molecule has 0 aliphatic carbocycles. The topological polar surface area (TPSA) is 91.3 Å². The molecule has 9 heteroatoms. The van der Waals surface area contributed by atoms with Crippen LogP contribution in [-0.4, -0.2) is 16.3 Å². The van der Waals surface area contributed by atoms with Gasteiger partial charge in [-0.2, -0.15) is 0 Å². The first kappa shape index (κ1) is 12.2. The molecule has 0 aliphatic rings. The van der Waals surface area contributed by atoms with Gasteiger partial charge in [0, 0.05) is 18.3 Å². The molecule has 2 N–H and O–H groups in total. The molecular formula is C7H6F3N3O3. The molecular weight excluding hydrogens is 231 g/mol. The zero-order chi connectivity index (χ0) is 12.3. The number of nitrogens with zero attached hydrogens (tertiary/aromatic N) is 2. The maximum atomic E-state index is 12.0. The minimum atomic E-state index is -5.02. The third-order valence-corrected chi connectivity index (χ3v) is 1.59. The third-order valence-electron chi connectivity index (χ3n) is 1.59. The summed E-state index contributed by atoms with van der Waals surface area (Å²) in [6.45, 7) is -0.347. The van der Waals surface area contributed by atoms with Gasteiger partial charge in [0.2, 0.25) is 5.75 Å². The van der Waals surface area contributed by atoms with Crippen LogP contribution in [0, 0.1) is 10.1 Å². The highest BCUT2D eigenvalue weighted by atomic mass is 19.4. The Balaban J connectivity index is 3.25. The number of hydrogen-bond acceptors (Lipinski definition) is 5. The van der Waals surface area contributed by atoms with Crippen molar-refractivity contribution >= 4 is 5.69 Å². The smallest absolute Gasteiger partial charge is 0.398 e. The van der Waals surface area contributed by atoms with Crippen LogP contribution in [0.5, 0.6) is 5.75 Å². The van der Waals surface area contributed by atoms with Gasteiger partial charge in [0.05, 0.1) is 4.92 Å². The zero-order valence-corrected chi connectivity index (χ0v) is 7.69. The average Bonchev–Trinajstić information content (AvgIpc) is 2.15. The van der Waals surface area contributed by atoms with E-state index in [1.165, 1.54) is 0 Å². The van der Waals surface area contributed by atoms with Crippen LogP contribution in [0.4, 0.5) is 18.9 Å². The number of aromatic nitrogens is 1. The van der Waals surface area contributed by atoms with E-state index in [1.54, 1.807) is 0 Å². The molecule has 0 bridgehead atoms. The Morgan fingerprint density at radius 2 is 2.12 bits per heavy atom. The van der Waals surface area contributed by atoms with Crippen LogP contribution >= 0.6 is 0 Å². The lowest BCUT2D eigenvalue weighted by molar-refractivity contribution is -0.389. The molecule has 6 nitrogen and oxygen atoms in total. The van der Waals surface area contributed by atoms with Crippen molar-refractivity contribution in [2.24, 2.45) is 5.73 Å². The number of halogens is 3. The van der Waals surface area contributed by atoms with Crippen molar-refractivity contribution in [1.82, 2.24) is 4.98 Å². The van der Waals surface area contributed by atoms with Gasteiger partial charge in [0.1, 0.15) is 6.20 Å². The monoisotopic (exact) mass is 237 g/mol. The lowest BCUT2D eigenvalue weighted by atomic mass is 10.2. The maximum Gasteiger partial charge on any atom is 0.573 e.